The molecule has 0 bridgehead atoms. The second kappa shape index (κ2) is 3.53. The third kappa shape index (κ3) is 1.56. The number of nitrogens with one attached hydrogen (secondary N) is 1. The highest BCUT2D eigenvalue weighted by Gasteiger charge is 2.25. The summed E-state index contributed by atoms with van der Waals surface area (Å²) in [7, 11) is 1.57. The molecule has 1 aromatic rings. The molecule has 0 aromatic carbocycles. The Morgan fingerprint density at radius 2 is 2.47 bits per heavy atom. The molecule has 0 amide bonds. The number of aromatic nitrogens is 2. The van der Waals surface area contributed by atoms with E-state index in [2.05, 4.69) is 9.82 Å². The molecule has 80 valence electrons. The van der Waals surface area contributed by atoms with E-state index in [1.54, 1.807) is 12.5 Å². The van der Waals surface area contributed by atoms with Gasteiger partial charge in [-0.15, -0.1) is 0 Å². The van der Waals surface area contributed by atoms with Crippen LogP contribution in [0.3, 0.4) is 0 Å². The topological polar surface area (TPSA) is 102 Å². The number of imidazole rings is 1. The van der Waals surface area contributed by atoms with Crippen LogP contribution >= 0.6 is 11.9 Å². The van der Waals surface area contributed by atoms with Crippen molar-refractivity contribution >= 4 is 23.5 Å². The molecular formula is C6H8N6O2S. The monoisotopic (exact) mass is 228 g/mol. The molecule has 2 rings (SSSR count). The lowest BCUT2D eigenvalue weighted by Gasteiger charge is -2.11. The Balaban J connectivity index is 2.42. The summed E-state index contributed by atoms with van der Waals surface area (Å²) in [5, 5.41) is 13.6. The molecule has 0 saturated heterocycles. The third-order valence-corrected chi connectivity index (χ3v) is 2.60. The van der Waals surface area contributed by atoms with Crippen LogP contribution in [-0.4, -0.2) is 19.6 Å². The molecular weight excluding hydrogens is 220 g/mol. The number of nitrogens with two attached hydrogens (primary N) is 1. The summed E-state index contributed by atoms with van der Waals surface area (Å²) < 4.78 is 1.37. The van der Waals surface area contributed by atoms with Gasteiger partial charge in [0, 0.05) is 5.41 Å². The minimum absolute atomic E-state index is 0.0730. The van der Waals surface area contributed by atoms with E-state index in [0.717, 1.165) is 0 Å². The van der Waals surface area contributed by atoms with Gasteiger partial charge in [-0.1, -0.05) is 0 Å². The molecule has 1 aliphatic rings. The Kier molecular flexibility index (Phi) is 2.34. The van der Waals surface area contributed by atoms with Crippen molar-refractivity contribution in [1.82, 2.24) is 19.5 Å². The van der Waals surface area contributed by atoms with Gasteiger partial charge < -0.3 is 10.1 Å². The summed E-state index contributed by atoms with van der Waals surface area (Å²) in [4.78, 5) is 16.8. The first-order chi connectivity index (χ1) is 7.11. The van der Waals surface area contributed by atoms with Gasteiger partial charge >= 0.3 is 5.82 Å². The van der Waals surface area contributed by atoms with Crippen LogP contribution in [0.4, 0.5) is 5.82 Å². The van der Waals surface area contributed by atoms with Crippen LogP contribution in [0.5, 0.6) is 0 Å². The van der Waals surface area contributed by atoms with Crippen molar-refractivity contribution in [3.8, 4) is 0 Å². The fourth-order valence-electron chi connectivity index (χ4n) is 1.21. The largest absolute Gasteiger partial charge is 0.358 e. The molecule has 1 aliphatic heterocycles. The van der Waals surface area contributed by atoms with Crippen molar-refractivity contribution in [1.29, 1.82) is 0 Å². The predicted octanol–water partition coefficient (Wildman–Crippen LogP) is -0.0312. The molecule has 0 radical (unpaired) electrons. The molecule has 0 fully saturated rings. The summed E-state index contributed by atoms with van der Waals surface area (Å²) in [6.45, 7) is 0. The zero-order chi connectivity index (χ0) is 11.0. The fraction of sp³-hybridized carbons (Fsp3) is 0.167. The summed E-state index contributed by atoms with van der Waals surface area (Å²) in [6, 6.07) is 0. The van der Waals surface area contributed by atoms with Crippen molar-refractivity contribution in [2.75, 3.05) is 0 Å². The van der Waals surface area contributed by atoms with Crippen molar-refractivity contribution in [2.45, 2.75) is 0 Å². The number of nitrogens with zero attached hydrogens (tertiary/aromatic N) is 4. The zero-order valence-corrected chi connectivity index (χ0v) is 8.56. The molecule has 0 saturated carbocycles. The van der Waals surface area contributed by atoms with Gasteiger partial charge in [0.2, 0.25) is 5.82 Å². The molecule has 0 unspecified atom stereocenters. The van der Waals surface area contributed by atoms with Crippen LogP contribution in [0.2, 0.25) is 0 Å². The lowest BCUT2D eigenvalue weighted by molar-refractivity contribution is -0.391. The fourth-order valence-corrected chi connectivity index (χ4v) is 1.81. The molecule has 2 heterocycles. The van der Waals surface area contributed by atoms with Crippen molar-refractivity contribution in [3.63, 3.8) is 0 Å². The average Bonchev–Trinajstić information content (AvgIpc) is 2.71. The smallest absolute Gasteiger partial charge is 0.342 e. The average molecular weight is 228 g/mol. The normalized spacial score (nSPS) is 15.6. The molecule has 15 heavy (non-hydrogen) atoms. The maximum atomic E-state index is 10.6. The van der Waals surface area contributed by atoms with E-state index in [1.165, 1.54) is 27.8 Å². The predicted molar refractivity (Wildman–Crippen MR) is 54.6 cm³/mol. The summed E-state index contributed by atoms with van der Waals surface area (Å²) in [5.41, 5.74) is 0.593. The maximum absolute atomic E-state index is 10.6. The lowest BCUT2D eigenvalue weighted by atomic mass is 10.4. The molecule has 0 spiro atoms. The summed E-state index contributed by atoms with van der Waals surface area (Å²) in [6.07, 6.45) is 1.20. The van der Waals surface area contributed by atoms with Crippen molar-refractivity contribution < 1.29 is 4.92 Å². The van der Waals surface area contributed by atoms with E-state index in [1.807, 2.05) is 0 Å². The first-order valence-corrected chi connectivity index (χ1v) is 4.82. The highest BCUT2D eigenvalue weighted by molar-refractivity contribution is 8.00. The van der Waals surface area contributed by atoms with E-state index in [-0.39, 0.29) is 5.82 Å². The van der Waals surface area contributed by atoms with E-state index < -0.39 is 4.92 Å². The van der Waals surface area contributed by atoms with Crippen LogP contribution in [0.25, 0.3) is 5.70 Å². The van der Waals surface area contributed by atoms with Gasteiger partial charge in [-0.2, -0.15) is 4.83 Å². The second-order valence-corrected chi connectivity index (χ2v) is 3.49. The standard InChI is InChI=1S/C6H8N6O2S/c1-10-5(12(13)14)2-8-6(10)4-3-15-9-11(4)7/h2-3,9H,7H2,1H3. The Hall–Kier alpha value is -1.58. The Labute approximate surface area is 89.0 Å². The summed E-state index contributed by atoms with van der Waals surface area (Å²) >= 11 is 1.28. The SMILES string of the molecule is Cn1c([N+](=O)[O-])cnc1C1=CSNN1N. The number of nitro groups is 1. The van der Waals surface area contributed by atoms with Gasteiger partial charge in [-0.05, 0) is 16.9 Å². The Morgan fingerprint density at radius 1 is 1.73 bits per heavy atom. The number of hydrogen-bond donors (Lipinski definition) is 2. The molecule has 1 aromatic heterocycles. The molecule has 0 atom stereocenters. The van der Waals surface area contributed by atoms with Crippen LogP contribution < -0.4 is 10.7 Å². The number of hydrogen-bond acceptors (Lipinski definition) is 7. The minimum Gasteiger partial charge on any atom is -0.358 e. The van der Waals surface area contributed by atoms with Crippen molar-refractivity contribution in [3.05, 3.63) is 27.5 Å². The van der Waals surface area contributed by atoms with Gasteiger partial charge in [-0.3, -0.25) is 0 Å². The highest BCUT2D eigenvalue weighted by atomic mass is 32.2. The molecule has 3 N–H and O–H groups in total. The van der Waals surface area contributed by atoms with Gasteiger partial charge in [0.1, 0.15) is 11.9 Å². The molecule has 8 nitrogen and oxygen atoms in total. The van der Waals surface area contributed by atoms with Crippen molar-refractivity contribution in [2.24, 2.45) is 12.9 Å². The second-order valence-electron chi connectivity index (χ2n) is 2.84. The first-order valence-electron chi connectivity index (χ1n) is 3.94. The van der Waals surface area contributed by atoms with Crippen LogP contribution in [0, 0.1) is 10.1 Å². The number of hydrazine groups is 2. The highest BCUT2D eigenvalue weighted by Crippen LogP contribution is 2.25. The zero-order valence-electron chi connectivity index (χ0n) is 7.75. The quantitative estimate of drug-likeness (QED) is 0.317. The number of rotatable bonds is 2. The van der Waals surface area contributed by atoms with Crippen LogP contribution in [-0.2, 0) is 7.05 Å². The van der Waals surface area contributed by atoms with Crippen LogP contribution in [0.15, 0.2) is 11.6 Å². The van der Waals surface area contributed by atoms with Gasteiger partial charge in [0.05, 0.1) is 7.05 Å². The summed E-state index contributed by atoms with van der Waals surface area (Å²) in [5.74, 6) is 5.95. The van der Waals surface area contributed by atoms with E-state index in [4.69, 9.17) is 5.84 Å². The third-order valence-electron chi connectivity index (χ3n) is 1.96. The van der Waals surface area contributed by atoms with E-state index in [9.17, 15) is 10.1 Å². The van der Waals surface area contributed by atoms with E-state index in [0.29, 0.717) is 11.5 Å². The Morgan fingerprint density at radius 3 is 2.93 bits per heavy atom. The molecule has 9 heteroatoms. The lowest BCUT2D eigenvalue weighted by Crippen LogP contribution is -2.35. The maximum Gasteiger partial charge on any atom is 0.342 e. The Bertz CT molecular complexity index is 441. The van der Waals surface area contributed by atoms with Gasteiger partial charge in [-0.25, -0.2) is 20.5 Å². The van der Waals surface area contributed by atoms with Gasteiger partial charge in [0.15, 0.2) is 0 Å². The molecule has 0 aliphatic carbocycles. The first kappa shape index (κ1) is 9.96. The minimum atomic E-state index is -0.493. The van der Waals surface area contributed by atoms with E-state index >= 15 is 0 Å². The van der Waals surface area contributed by atoms with Crippen LogP contribution in [0.1, 0.15) is 5.82 Å². The van der Waals surface area contributed by atoms with Gasteiger partial charge in [0.25, 0.3) is 0 Å².